The summed E-state index contributed by atoms with van der Waals surface area (Å²) in [5, 5.41) is 5.77. The second-order valence-corrected chi connectivity index (χ2v) is 7.34. The molecule has 0 unspecified atom stereocenters. The van der Waals surface area contributed by atoms with Crippen LogP contribution in [0.25, 0.3) is 0 Å². The molecule has 9 nitrogen and oxygen atoms in total. The van der Waals surface area contributed by atoms with E-state index in [0.717, 1.165) is 12.8 Å². The Bertz CT molecular complexity index is 993. The van der Waals surface area contributed by atoms with Crippen molar-refractivity contribution in [3.05, 3.63) is 29.8 Å². The van der Waals surface area contributed by atoms with Gasteiger partial charge in [0.25, 0.3) is 5.91 Å². The molecule has 1 aliphatic rings. The zero-order chi connectivity index (χ0) is 24.0. The maximum Gasteiger partial charge on any atom is 0.256 e. The van der Waals surface area contributed by atoms with Gasteiger partial charge in [0.1, 0.15) is 11.5 Å². The van der Waals surface area contributed by atoms with Crippen LogP contribution in [0, 0.1) is 5.92 Å². The van der Waals surface area contributed by atoms with Crippen molar-refractivity contribution in [2.75, 3.05) is 45.2 Å². The predicted octanol–water partition coefficient (Wildman–Crippen LogP) is 4.11. The van der Waals surface area contributed by atoms with E-state index in [1.807, 2.05) is 13.8 Å². The summed E-state index contributed by atoms with van der Waals surface area (Å²) in [6.45, 7) is 4.44. The number of carbonyl (C=O) groups excluding carboxylic acids is 2. The van der Waals surface area contributed by atoms with E-state index in [1.165, 1.54) is 21.3 Å². The number of benzene rings is 2. The van der Waals surface area contributed by atoms with Gasteiger partial charge in [0.2, 0.25) is 11.7 Å². The molecule has 1 saturated carbocycles. The molecule has 0 heterocycles. The molecule has 0 spiro atoms. The van der Waals surface area contributed by atoms with Gasteiger partial charge in [-0.2, -0.15) is 0 Å². The Morgan fingerprint density at radius 1 is 0.788 bits per heavy atom. The van der Waals surface area contributed by atoms with Crippen LogP contribution in [-0.2, 0) is 4.79 Å². The van der Waals surface area contributed by atoms with Crippen molar-refractivity contribution in [1.82, 2.24) is 0 Å². The first-order valence-electron chi connectivity index (χ1n) is 10.8. The highest BCUT2D eigenvalue weighted by Crippen LogP contribution is 2.40. The summed E-state index contributed by atoms with van der Waals surface area (Å²) in [6, 6.07) is 6.43. The minimum Gasteiger partial charge on any atom is -0.493 e. The molecule has 2 aromatic carbocycles. The van der Waals surface area contributed by atoms with Crippen molar-refractivity contribution < 1.29 is 33.3 Å². The van der Waals surface area contributed by atoms with Gasteiger partial charge in [0.05, 0.1) is 45.9 Å². The number of ether oxygens (including phenoxy) is 5. The number of hydrogen-bond donors (Lipinski definition) is 2. The summed E-state index contributed by atoms with van der Waals surface area (Å²) >= 11 is 0. The smallest absolute Gasteiger partial charge is 0.256 e. The number of methoxy groups -OCH3 is 3. The zero-order valence-electron chi connectivity index (χ0n) is 19.6. The minimum atomic E-state index is -0.410. The van der Waals surface area contributed by atoms with Gasteiger partial charge in [-0.3, -0.25) is 9.59 Å². The third-order valence-corrected chi connectivity index (χ3v) is 5.06. The van der Waals surface area contributed by atoms with Crippen LogP contribution >= 0.6 is 0 Å². The van der Waals surface area contributed by atoms with E-state index in [4.69, 9.17) is 23.7 Å². The number of anilines is 2. The third-order valence-electron chi connectivity index (χ3n) is 5.06. The highest BCUT2D eigenvalue weighted by Gasteiger charge is 2.30. The van der Waals surface area contributed by atoms with Crippen molar-refractivity contribution in [1.29, 1.82) is 0 Å². The largest absolute Gasteiger partial charge is 0.493 e. The summed E-state index contributed by atoms with van der Waals surface area (Å²) in [7, 11) is 4.46. The number of rotatable bonds is 11. The lowest BCUT2D eigenvalue weighted by Crippen LogP contribution is -2.16. The molecule has 2 amide bonds. The van der Waals surface area contributed by atoms with Crippen LogP contribution in [0.15, 0.2) is 24.3 Å². The monoisotopic (exact) mass is 458 g/mol. The van der Waals surface area contributed by atoms with E-state index in [0.29, 0.717) is 58.9 Å². The Labute approximate surface area is 193 Å². The molecule has 2 N–H and O–H groups in total. The van der Waals surface area contributed by atoms with Crippen molar-refractivity contribution in [3.8, 4) is 28.7 Å². The van der Waals surface area contributed by atoms with Gasteiger partial charge in [0, 0.05) is 23.6 Å². The van der Waals surface area contributed by atoms with Gasteiger partial charge in [0.15, 0.2) is 11.5 Å². The van der Waals surface area contributed by atoms with Crippen LogP contribution in [0.4, 0.5) is 11.4 Å². The molecule has 178 valence electrons. The first-order chi connectivity index (χ1) is 15.9. The summed E-state index contributed by atoms with van der Waals surface area (Å²) < 4.78 is 27.5. The fourth-order valence-corrected chi connectivity index (χ4v) is 3.29. The lowest BCUT2D eigenvalue weighted by molar-refractivity contribution is -0.117. The van der Waals surface area contributed by atoms with E-state index in [9.17, 15) is 9.59 Å². The molecule has 0 aromatic heterocycles. The zero-order valence-corrected chi connectivity index (χ0v) is 19.6. The average molecular weight is 459 g/mol. The number of carbonyl (C=O) groups is 2. The molecule has 1 fully saturated rings. The fourth-order valence-electron chi connectivity index (χ4n) is 3.29. The van der Waals surface area contributed by atoms with Gasteiger partial charge in [-0.05, 0) is 38.8 Å². The topological polar surface area (TPSA) is 104 Å². The van der Waals surface area contributed by atoms with Crippen LogP contribution in [0.3, 0.4) is 0 Å². The van der Waals surface area contributed by atoms with Crippen LogP contribution < -0.4 is 34.3 Å². The maximum absolute atomic E-state index is 13.1. The standard InChI is InChI=1S/C24H30N2O7/c1-6-32-18-13-17(19(33-7-2)12-16(18)25-23(27)14-8-9-14)26-24(28)15-10-20(29-3)22(31-5)21(11-15)30-4/h10-14H,6-9H2,1-5H3,(H,25,27)(H,26,28). The highest BCUT2D eigenvalue weighted by molar-refractivity contribution is 6.06. The molecule has 0 saturated heterocycles. The Balaban J connectivity index is 1.95. The molecule has 1 aliphatic carbocycles. The Morgan fingerprint density at radius 3 is 1.73 bits per heavy atom. The second-order valence-electron chi connectivity index (χ2n) is 7.34. The number of hydrogen-bond acceptors (Lipinski definition) is 7. The number of nitrogens with one attached hydrogen (secondary N) is 2. The second kappa shape index (κ2) is 10.8. The highest BCUT2D eigenvalue weighted by atomic mass is 16.5. The molecule has 2 aromatic rings. The van der Waals surface area contributed by atoms with Crippen molar-refractivity contribution in [2.45, 2.75) is 26.7 Å². The normalized spacial score (nSPS) is 12.5. The van der Waals surface area contributed by atoms with E-state index in [2.05, 4.69) is 10.6 Å². The summed E-state index contributed by atoms with van der Waals surface area (Å²) in [5.74, 6) is 1.54. The molecular weight excluding hydrogens is 428 g/mol. The SMILES string of the molecule is CCOc1cc(NC(=O)C2CC2)c(OCC)cc1NC(=O)c1cc(OC)c(OC)c(OC)c1. The van der Waals surface area contributed by atoms with Gasteiger partial charge >= 0.3 is 0 Å². The van der Waals surface area contributed by atoms with Gasteiger partial charge < -0.3 is 34.3 Å². The van der Waals surface area contributed by atoms with E-state index >= 15 is 0 Å². The van der Waals surface area contributed by atoms with Crippen molar-refractivity contribution in [3.63, 3.8) is 0 Å². The average Bonchev–Trinajstić information content (AvgIpc) is 3.66. The lowest BCUT2D eigenvalue weighted by atomic mass is 10.1. The molecule has 3 rings (SSSR count). The molecular formula is C24H30N2O7. The quantitative estimate of drug-likeness (QED) is 0.522. The Morgan fingerprint density at radius 2 is 1.30 bits per heavy atom. The van der Waals surface area contributed by atoms with Crippen molar-refractivity contribution >= 4 is 23.2 Å². The maximum atomic E-state index is 13.1. The summed E-state index contributed by atoms with van der Waals surface area (Å²) in [4.78, 5) is 25.4. The molecule has 0 aliphatic heterocycles. The van der Waals surface area contributed by atoms with Gasteiger partial charge in [-0.25, -0.2) is 0 Å². The van der Waals surface area contributed by atoms with E-state index < -0.39 is 5.91 Å². The van der Waals surface area contributed by atoms with Crippen LogP contribution in [0.5, 0.6) is 28.7 Å². The lowest BCUT2D eigenvalue weighted by Gasteiger charge is -2.18. The van der Waals surface area contributed by atoms with Gasteiger partial charge in [-0.1, -0.05) is 0 Å². The van der Waals surface area contributed by atoms with Crippen molar-refractivity contribution in [2.24, 2.45) is 5.92 Å². The molecule has 0 radical (unpaired) electrons. The molecule has 0 atom stereocenters. The first-order valence-corrected chi connectivity index (χ1v) is 10.8. The number of amides is 2. The van der Waals surface area contributed by atoms with E-state index in [-0.39, 0.29) is 11.8 Å². The Kier molecular flexibility index (Phi) is 7.87. The fraction of sp³-hybridized carbons (Fsp3) is 0.417. The minimum absolute atomic E-state index is 0.0365. The first kappa shape index (κ1) is 24.0. The molecule has 0 bridgehead atoms. The van der Waals surface area contributed by atoms with Crippen LogP contribution in [-0.4, -0.2) is 46.4 Å². The van der Waals surface area contributed by atoms with Gasteiger partial charge in [-0.15, -0.1) is 0 Å². The Hall–Kier alpha value is -3.62. The molecule has 33 heavy (non-hydrogen) atoms. The van der Waals surface area contributed by atoms with E-state index in [1.54, 1.807) is 24.3 Å². The molecule has 9 heteroatoms. The van der Waals surface area contributed by atoms with Crippen LogP contribution in [0.1, 0.15) is 37.0 Å². The third kappa shape index (κ3) is 5.60. The van der Waals surface area contributed by atoms with Crippen LogP contribution in [0.2, 0.25) is 0 Å². The summed E-state index contributed by atoms with van der Waals surface area (Å²) in [6.07, 6.45) is 1.77. The summed E-state index contributed by atoms with van der Waals surface area (Å²) in [5.41, 5.74) is 1.21. The predicted molar refractivity (Wildman–Crippen MR) is 124 cm³/mol.